The topological polar surface area (TPSA) is 43.1 Å². The monoisotopic (exact) mass is 165 g/mol. The summed E-state index contributed by atoms with van der Waals surface area (Å²) in [6.45, 7) is 0.328. The average Bonchev–Trinajstić information content (AvgIpc) is 2.47. The molecule has 0 fully saturated rings. The van der Waals surface area contributed by atoms with Crippen LogP contribution in [0.5, 0.6) is 0 Å². The molecule has 1 heterocycles. The molecule has 0 aliphatic carbocycles. The quantitative estimate of drug-likeness (QED) is 0.495. The van der Waals surface area contributed by atoms with E-state index in [1.54, 1.807) is 0 Å². The van der Waals surface area contributed by atoms with Crippen molar-refractivity contribution in [3.05, 3.63) is 21.9 Å². The molecule has 0 saturated heterocycles. The SMILES string of the molecule is NCC#Cc1ccsc1C=O. The van der Waals surface area contributed by atoms with E-state index in [0.29, 0.717) is 11.4 Å². The fourth-order valence-corrected chi connectivity index (χ4v) is 1.31. The van der Waals surface area contributed by atoms with Crippen molar-refractivity contribution in [2.24, 2.45) is 5.73 Å². The van der Waals surface area contributed by atoms with Gasteiger partial charge in [-0.2, -0.15) is 0 Å². The van der Waals surface area contributed by atoms with Gasteiger partial charge in [0.2, 0.25) is 0 Å². The van der Waals surface area contributed by atoms with Gasteiger partial charge in [-0.05, 0) is 11.4 Å². The molecule has 0 atom stereocenters. The maximum Gasteiger partial charge on any atom is 0.161 e. The van der Waals surface area contributed by atoms with Crippen molar-refractivity contribution in [1.82, 2.24) is 0 Å². The maximum atomic E-state index is 10.4. The molecule has 3 heteroatoms. The van der Waals surface area contributed by atoms with Crippen molar-refractivity contribution < 1.29 is 4.79 Å². The third kappa shape index (κ3) is 1.90. The van der Waals surface area contributed by atoms with E-state index in [0.717, 1.165) is 11.8 Å². The lowest BCUT2D eigenvalue weighted by atomic mass is 10.3. The van der Waals surface area contributed by atoms with E-state index in [4.69, 9.17) is 5.73 Å². The van der Waals surface area contributed by atoms with Gasteiger partial charge in [-0.15, -0.1) is 11.3 Å². The largest absolute Gasteiger partial charge is 0.320 e. The first-order valence-electron chi connectivity index (χ1n) is 3.10. The van der Waals surface area contributed by atoms with Gasteiger partial charge in [0.05, 0.1) is 11.4 Å². The molecule has 0 spiro atoms. The van der Waals surface area contributed by atoms with E-state index < -0.39 is 0 Å². The Morgan fingerprint density at radius 3 is 3.18 bits per heavy atom. The molecule has 0 unspecified atom stereocenters. The van der Waals surface area contributed by atoms with Crippen LogP contribution >= 0.6 is 11.3 Å². The van der Waals surface area contributed by atoms with E-state index >= 15 is 0 Å². The number of carbonyl (C=O) groups is 1. The Morgan fingerprint density at radius 1 is 1.73 bits per heavy atom. The molecule has 2 nitrogen and oxygen atoms in total. The van der Waals surface area contributed by atoms with Crippen molar-refractivity contribution >= 4 is 17.6 Å². The lowest BCUT2D eigenvalue weighted by molar-refractivity contribution is 0.112. The van der Waals surface area contributed by atoms with Crippen molar-refractivity contribution in [3.63, 3.8) is 0 Å². The second-order valence-corrected chi connectivity index (χ2v) is 2.77. The number of aldehydes is 1. The Bertz CT molecular complexity index is 305. The molecule has 0 aliphatic heterocycles. The first-order valence-corrected chi connectivity index (χ1v) is 3.98. The Morgan fingerprint density at radius 2 is 2.55 bits per heavy atom. The minimum Gasteiger partial charge on any atom is -0.320 e. The zero-order valence-electron chi connectivity index (χ0n) is 5.83. The number of thiophene rings is 1. The highest BCUT2D eigenvalue weighted by Crippen LogP contribution is 2.12. The van der Waals surface area contributed by atoms with E-state index in [2.05, 4.69) is 11.8 Å². The summed E-state index contributed by atoms with van der Waals surface area (Å²) in [4.78, 5) is 11.0. The molecule has 0 saturated carbocycles. The normalized spacial score (nSPS) is 8.45. The van der Waals surface area contributed by atoms with Gasteiger partial charge in [-0.3, -0.25) is 4.79 Å². The maximum absolute atomic E-state index is 10.4. The van der Waals surface area contributed by atoms with Crippen LogP contribution < -0.4 is 5.73 Å². The summed E-state index contributed by atoms with van der Waals surface area (Å²) in [6.07, 6.45) is 0.811. The smallest absolute Gasteiger partial charge is 0.161 e. The summed E-state index contributed by atoms with van der Waals surface area (Å²) >= 11 is 1.39. The van der Waals surface area contributed by atoms with Crippen LogP contribution in [0.15, 0.2) is 11.4 Å². The zero-order valence-corrected chi connectivity index (χ0v) is 6.65. The Labute approximate surface area is 69.0 Å². The van der Waals surface area contributed by atoms with Crippen molar-refractivity contribution in [3.8, 4) is 11.8 Å². The molecule has 1 aromatic heterocycles. The molecule has 1 rings (SSSR count). The fraction of sp³-hybridized carbons (Fsp3) is 0.125. The fourth-order valence-electron chi connectivity index (χ4n) is 0.662. The lowest BCUT2D eigenvalue weighted by Gasteiger charge is -1.81. The Balaban J connectivity index is 2.93. The van der Waals surface area contributed by atoms with E-state index in [9.17, 15) is 4.79 Å². The summed E-state index contributed by atoms with van der Waals surface area (Å²) in [5.41, 5.74) is 5.95. The minimum atomic E-state index is 0.328. The van der Waals surface area contributed by atoms with Crippen LogP contribution in [-0.2, 0) is 0 Å². The van der Waals surface area contributed by atoms with E-state index in [1.165, 1.54) is 11.3 Å². The third-order valence-corrected chi connectivity index (χ3v) is 1.97. The summed E-state index contributed by atoms with van der Waals surface area (Å²) in [5.74, 6) is 5.50. The Kier molecular flexibility index (Phi) is 2.84. The van der Waals surface area contributed by atoms with Gasteiger partial charge >= 0.3 is 0 Å². The van der Waals surface area contributed by atoms with Gasteiger partial charge in [0.25, 0.3) is 0 Å². The molecule has 1 aromatic rings. The van der Waals surface area contributed by atoms with E-state index in [-0.39, 0.29) is 0 Å². The van der Waals surface area contributed by atoms with Crippen LogP contribution in [0.1, 0.15) is 15.2 Å². The van der Waals surface area contributed by atoms with Crippen LogP contribution in [0.3, 0.4) is 0 Å². The van der Waals surface area contributed by atoms with Gasteiger partial charge in [0.15, 0.2) is 6.29 Å². The molecule has 0 aliphatic rings. The number of rotatable bonds is 1. The van der Waals surface area contributed by atoms with Crippen molar-refractivity contribution in [2.45, 2.75) is 0 Å². The molecule has 11 heavy (non-hydrogen) atoms. The van der Waals surface area contributed by atoms with E-state index in [1.807, 2.05) is 11.4 Å². The summed E-state index contributed by atoms with van der Waals surface area (Å²) in [6, 6.07) is 1.82. The predicted molar refractivity (Wildman–Crippen MR) is 45.6 cm³/mol. The van der Waals surface area contributed by atoms with Crippen LogP contribution in [0.25, 0.3) is 0 Å². The highest BCUT2D eigenvalue weighted by molar-refractivity contribution is 7.11. The zero-order chi connectivity index (χ0) is 8.10. The molecule has 0 amide bonds. The predicted octanol–water partition coefficient (Wildman–Crippen LogP) is 0.871. The third-order valence-electron chi connectivity index (χ3n) is 1.13. The van der Waals surface area contributed by atoms with Gasteiger partial charge < -0.3 is 5.73 Å². The van der Waals surface area contributed by atoms with Crippen LogP contribution in [0.2, 0.25) is 0 Å². The highest BCUT2D eigenvalue weighted by Gasteiger charge is 1.97. The molecule has 0 radical (unpaired) electrons. The second kappa shape index (κ2) is 3.91. The molecule has 56 valence electrons. The molecule has 2 N–H and O–H groups in total. The van der Waals surface area contributed by atoms with Crippen molar-refractivity contribution in [1.29, 1.82) is 0 Å². The lowest BCUT2D eigenvalue weighted by Crippen LogP contribution is -1.93. The second-order valence-electron chi connectivity index (χ2n) is 1.82. The van der Waals surface area contributed by atoms with Gasteiger partial charge in [0.1, 0.15) is 0 Å². The van der Waals surface area contributed by atoms with Gasteiger partial charge in [-0.25, -0.2) is 0 Å². The number of hydrogen-bond acceptors (Lipinski definition) is 3. The van der Waals surface area contributed by atoms with Crippen LogP contribution in [-0.4, -0.2) is 12.8 Å². The number of nitrogens with two attached hydrogens (primary N) is 1. The average molecular weight is 165 g/mol. The summed E-state index contributed by atoms with van der Waals surface area (Å²) in [5, 5.41) is 1.84. The van der Waals surface area contributed by atoms with Crippen LogP contribution in [0, 0.1) is 11.8 Å². The highest BCUT2D eigenvalue weighted by atomic mass is 32.1. The van der Waals surface area contributed by atoms with Gasteiger partial charge in [0, 0.05) is 5.56 Å². The number of carbonyl (C=O) groups excluding carboxylic acids is 1. The standard InChI is InChI=1S/C8H7NOS/c9-4-1-2-7-3-5-11-8(7)6-10/h3,5-6H,4,9H2. The minimum absolute atomic E-state index is 0.328. The van der Waals surface area contributed by atoms with Gasteiger partial charge in [-0.1, -0.05) is 11.8 Å². The molecule has 0 aromatic carbocycles. The number of hydrogen-bond donors (Lipinski definition) is 1. The molecule has 0 bridgehead atoms. The summed E-state index contributed by atoms with van der Waals surface area (Å²) < 4.78 is 0. The Hall–Kier alpha value is -1.11. The first-order chi connectivity index (χ1) is 5.38. The molecular formula is C8H7NOS. The van der Waals surface area contributed by atoms with Crippen molar-refractivity contribution in [2.75, 3.05) is 6.54 Å². The first kappa shape index (κ1) is 7.99. The van der Waals surface area contributed by atoms with Crippen LogP contribution in [0.4, 0.5) is 0 Å². The molecular weight excluding hydrogens is 158 g/mol. The summed E-state index contributed by atoms with van der Waals surface area (Å²) in [7, 11) is 0.